The summed E-state index contributed by atoms with van der Waals surface area (Å²) in [6.07, 6.45) is 1.83. The van der Waals surface area contributed by atoms with Crippen LogP contribution < -0.4 is 5.32 Å². The van der Waals surface area contributed by atoms with Crippen molar-refractivity contribution < 1.29 is 4.79 Å². The SMILES string of the molecule is CCc1ccc(C(NC=O)C(C)C)cc1. The van der Waals surface area contributed by atoms with Crippen LogP contribution in [-0.2, 0) is 11.2 Å². The number of amides is 1. The van der Waals surface area contributed by atoms with E-state index in [0.29, 0.717) is 5.92 Å². The third kappa shape index (κ3) is 3.08. The van der Waals surface area contributed by atoms with Gasteiger partial charge in [0, 0.05) is 0 Å². The van der Waals surface area contributed by atoms with Crippen LogP contribution in [0.15, 0.2) is 24.3 Å². The topological polar surface area (TPSA) is 29.1 Å². The average Bonchev–Trinajstić information content (AvgIpc) is 2.26. The Morgan fingerprint density at radius 3 is 2.27 bits per heavy atom. The lowest BCUT2D eigenvalue weighted by molar-refractivity contribution is -0.110. The summed E-state index contributed by atoms with van der Waals surface area (Å²) in [5.74, 6) is 0.405. The van der Waals surface area contributed by atoms with E-state index in [0.717, 1.165) is 12.8 Å². The standard InChI is InChI=1S/C13H19NO/c1-4-11-5-7-12(8-6-11)13(10(2)3)14-9-15/h5-10,13H,4H2,1-3H3,(H,14,15). The molecule has 82 valence electrons. The largest absolute Gasteiger partial charge is 0.352 e. The first-order chi connectivity index (χ1) is 7.19. The number of benzene rings is 1. The van der Waals surface area contributed by atoms with Crippen LogP contribution in [0.25, 0.3) is 0 Å². The van der Waals surface area contributed by atoms with Gasteiger partial charge >= 0.3 is 0 Å². The Kier molecular flexibility index (Phi) is 4.35. The first-order valence-corrected chi connectivity index (χ1v) is 5.47. The first-order valence-electron chi connectivity index (χ1n) is 5.47. The van der Waals surface area contributed by atoms with Gasteiger partial charge in [-0.2, -0.15) is 0 Å². The fraction of sp³-hybridized carbons (Fsp3) is 0.462. The van der Waals surface area contributed by atoms with Gasteiger partial charge in [-0.05, 0) is 23.5 Å². The third-order valence-corrected chi connectivity index (χ3v) is 2.66. The van der Waals surface area contributed by atoms with Crippen LogP contribution >= 0.6 is 0 Å². The van der Waals surface area contributed by atoms with Crippen molar-refractivity contribution in [3.63, 3.8) is 0 Å². The highest BCUT2D eigenvalue weighted by atomic mass is 16.1. The van der Waals surface area contributed by atoms with E-state index >= 15 is 0 Å². The molecular formula is C13H19NO. The fourth-order valence-electron chi connectivity index (χ4n) is 1.71. The van der Waals surface area contributed by atoms with Crippen LogP contribution in [0, 0.1) is 5.92 Å². The van der Waals surface area contributed by atoms with E-state index in [2.05, 4.69) is 50.4 Å². The molecule has 15 heavy (non-hydrogen) atoms. The highest BCUT2D eigenvalue weighted by Crippen LogP contribution is 2.21. The Hall–Kier alpha value is -1.31. The van der Waals surface area contributed by atoms with E-state index in [-0.39, 0.29) is 6.04 Å². The van der Waals surface area contributed by atoms with Crippen LogP contribution in [0.4, 0.5) is 0 Å². The van der Waals surface area contributed by atoms with Crippen LogP contribution in [-0.4, -0.2) is 6.41 Å². The number of carbonyl (C=O) groups is 1. The van der Waals surface area contributed by atoms with Gasteiger partial charge in [0.15, 0.2) is 0 Å². The molecule has 0 heterocycles. The molecular weight excluding hydrogens is 186 g/mol. The molecule has 0 bridgehead atoms. The molecule has 0 aliphatic carbocycles. The summed E-state index contributed by atoms with van der Waals surface area (Å²) in [4.78, 5) is 10.5. The van der Waals surface area contributed by atoms with E-state index < -0.39 is 0 Å². The molecule has 2 nitrogen and oxygen atoms in total. The van der Waals surface area contributed by atoms with Crippen molar-refractivity contribution in [2.24, 2.45) is 5.92 Å². The summed E-state index contributed by atoms with van der Waals surface area (Å²) in [7, 11) is 0. The molecule has 0 spiro atoms. The van der Waals surface area contributed by atoms with Gasteiger partial charge in [0.2, 0.25) is 6.41 Å². The number of hydrogen-bond acceptors (Lipinski definition) is 1. The summed E-state index contributed by atoms with van der Waals surface area (Å²) in [5.41, 5.74) is 2.50. The zero-order valence-electron chi connectivity index (χ0n) is 9.66. The average molecular weight is 205 g/mol. The van der Waals surface area contributed by atoms with Gasteiger partial charge in [-0.1, -0.05) is 45.0 Å². The van der Waals surface area contributed by atoms with Gasteiger partial charge in [0.05, 0.1) is 6.04 Å². The highest BCUT2D eigenvalue weighted by molar-refractivity contribution is 5.48. The van der Waals surface area contributed by atoms with Gasteiger partial charge in [0.25, 0.3) is 0 Å². The maximum atomic E-state index is 10.5. The summed E-state index contributed by atoms with van der Waals surface area (Å²) in [5, 5.41) is 2.86. The molecule has 1 unspecified atom stereocenters. The zero-order chi connectivity index (χ0) is 11.3. The number of rotatable bonds is 5. The Morgan fingerprint density at radius 2 is 1.87 bits per heavy atom. The van der Waals surface area contributed by atoms with Crippen molar-refractivity contribution >= 4 is 6.41 Å². The molecule has 0 radical (unpaired) electrons. The summed E-state index contributed by atoms with van der Waals surface area (Å²) in [6.45, 7) is 6.35. The number of hydrogen-bond donors (Lipinski definition) is 1. The van der Waals surface area contributed by atoms with Gasteiger partial charge in [-0.3, -0.25) is 4.79 Å². The first kappa shape index (κ1) is 11.8. The molecule has 1 aromatic rings. The summed E-state index contributed by atoms with van der Waals surface area (Å²) < 4.78 is 0. The maximum absolute atomic E-state index is 10.5. The Labute approximate surface area is 91.7 Å². The number of aryl methyl sites for hydroxylation is 1. The Bertz CT molecular complexity index is 303. The predicted molar refractivity (Wildman–Crippen MR) is 62.6 cm³/mol. The quantitative estimate of drug-likeness (QED) is 0.736. The normalized spacial score (nSPS) is 12.5. The minimum absolute atomic E-state index is 0.119. The van der Waals surface area contributed by atoms with Gasteiger partial charge < -0.3 is 5.32 Å². The fourth-order valence-corrected chi connectivity index (χ4v) is 1.71. The summed E-state index contributed by atoms with van der Waals surface area (Å²) in [6, 6.07) is 8.56. The maximum Gasteiger partial charge on any atom is 0.207 e. The molecule has 0 aliphatic rings. The molecule has 0 saturated heterocycles. The van der Waals surface area contributed by atoms with E-state index in [1.165, 1.54) is 11.1 Å². The molecule has 0 aliphatic heterocycles. The van der Waals surface area contributed by atoms with Crippen molar-refractivity contribution in [1.82, 2.24) is 5.32 Å². The second-order valence-corrected chi connectivity index (χ2v) is 4.10. The van der Waals surface area contributed by atoms with E-state index in [4.69, 9.17) is 0 Å². The second kappa shape index (κ2) is 5.54. The van der Waals surface area contributed by atoms with Gasteiger partial charge in [0.1, 0.15) is 0 Å². The van der Waals surface area contributed by atoms with Gasteiger partial charge in [-0.25, -0.2) is 0 Å². The van der Waals surface area contributed by atoms with Crippen LogP contribution in [0.2, 0.25) is 0 Å². The van der Waals surface area contributed by atoms with Crippen molar-refractivity contribution in [3.8, 4) is 0 Å². The monoisotopic (exact) mass is 205 g/mol. The lowest BCUT2D eigenvalue weighted by Gasteiger charge is -2.20. The molecule has 1 rings (SSSR count). The van der Waals surface area contributed by atoms with Crippen molar-refractivity contribution in [2.75, 3.05) is 0 Å². The van der Waals surface area contributed by atoms with Crippen LogP contribution in [0.3, 0.4) is 0 Å². The molecule has 0 fully saturated rings. The van der Waals surface area contributed by atoms with E-state index in [1.807, 2.05) is 0 Å². The predicted octanol–water partition coefficient (Wildman–Crippen LogP) is 2.69. The van der Waals surface area contributed by atoms with Gasteiger partial charge in [-0.15, -0.1) is 0 Å². The Morgan fingerprint density at radius 1 is 1.27 bits per heavy atom. The molecule has 1 atom stereocenters. The molecule has 0 aromatic heterocycles. The molecule has 2 heteroatoms. The van der Waals surface area contributed by atoms with Crippen molar-refractivity contribution in [1.29, 1.82) is 0 Å². The third-order valence-electron chi connectivity index (χ3n) is 2.66. The lowest BCUT2D eigenvalue weighted by atomic mass is 9.95. The minimum atomic E-state index is 0.119. The van der Waals surface area contributed by atoms with E-state index in [1.54, 1.807) is 0 Å². The minimum Gasteiger partial charge on any atom is -0.352 e. The lowest BCUT2D eigenvalue weighted by Crippen LogP contribution is -2.24. The zero-order valence-corrected chi connectivity index (χ0v) is 9.66. The smallest absolute Gasteiger partial charge is 0.207 e. The number of carbonyl (C=O) groups excluding carboxylic acids is 1. The molecule has 1 amide bonds. The molecule has 1 N–H and O–H groups in total. The Balaban J connectivity index is 2.86. The second-order valence-electron chi connectivity index (χ2n) is 4.10. The molecule has 0 saturated carbocycles. The van der Waals surface area contributed by atoms with Crippen molar-refractivity contribution in [2.45, 2.75) is 33.2 Å². The molecule has 1 aromatic carbocycles. The van der Waals surface area contributed by atoms with Crippen LogP contribution in [0.5, 0.6) is 0 Å². The highest BCUT2D eigenvalue weighted by Gasteiger charge is 2.13. The van der Waals surface area contributed by atoms with Crippen LogP contribution in [0.1, 0.15) is 37.9 Å². The number of nitrogens with one attached hydrogen (secondary N) is 1. The van der Waals surface area contributed by atoms with E-state index in [9.17, 15) is 4.79 Å². The summed E-state index contributed by atoms with van der Waals surface area (Å²) >= 11 is 0. The van der Waals surface area contributed by atoms with Crippen molar-refractivity contribution in [3.05, 3.63) is 35.4 Å².